The van der Waals surface area contributed by atoms with Crippen LogP contribution in [0.1, 0.15) is 18.3 Å². The number of hydrogen-bond acceptors (Lipinski definition) is 6. The van der Waals surface area contributed by atoms with Crippen LogP contribution in [0.4, 0.5) is 0 Å². The van der Waals surface area contributed by atoms with Crippen LogP contribution in [0.5, 0.6) is 0 Å². The number of aromatic nitrogens is 2. The predicted octanol–water partition coefficient (Wildman–Crippen LogP) is 0.272. The normalized spacial score (nSPS) is 25.9. The summed E-state index contributed by atoms with van der Waals surface area (Å²) in [6.45, 7) is 6.61. The van der Waals surface area contributed by atoms with E-state index in [2.05, 4.69) is 20.3 Å². The van der Waals surface area contributed by atoms with Gasteiger partial charge in [0.1, 0.15) is 11.4 Å². The van der Waals surface area contributed by atoms with Crippen LogP contribution in [0.3, 0.4) is 0 Å². The van der Waals surface area contributed by atoms with E-state index < -0.39 is 0 Å². The minimum Gasteiger partial charge on any atom is -0.372 e. The van der Waals surface area contributed by atoms with Gasteiger partial charge in [0.05, 0.1) is 25.4 Å². The Hall–Kier alpha value is -0.980. The summed E-state index contributed by atoms with van der Waals surface area (Å²) in [6, 6.07) is 0. The number of morpholine rings is 1. The van der Waals surface area contributed by atoms with Crippen LogP contribution < -0.4 is 5.32 Å². The third-order valence-corrected chi connectivity index (χ3v) is 2.52. The molecule has 1 aromatic heterocycles. The highest BCUT2D eigenvalue weighted by Crippen LogP contribution is 2.06. The number of aryl methyl sites for hydroxylation is 1. The second kappa shape index (κ2) is 5.38. The van der Waals surface area contributed by atoms with Crippen molar-refractivity contribution in [2.45, 2.75) is 32.7 Å². The lowest BCUT2D eigenvalue weighted by Crippen LogP contribution is -2.45. The van der Waals surface area contributed by atoms with Crippen molar-refractivity contribution in [3.63, 3.8) is 0 Å². The molecular formula is C10H17N3O3. The lowest BCUT2D eigenvalue weighted by molar-refractivity contribution is -0.0722. The van der Waals surface area contributed by atoms with Crippen LogP contribution in [0, 0.1) is 6.92 Å². The van der Waals surface area contributed by atoms with Crippen molar-refractivity contribution in [1.82, 2.24) is 15.6 Å². The van der Waals surface area contributed by atoms with Crippen molar-refractivity contribution < 1.29 is 14.1 Å². The summed E-state index contributed by atoms with van der Waals surface area (Å²) in [5.41, 5.74) is 1.52. The Bertz CT molecular complexity index is 329. The number of rotatable bonds is 4. The van der Waals surface area contributed by atoms with Crippen molar-refractivity contribution >= 4 is 0 Å². The van der Waals surface area contributed by atoms with Gasteiger partial charge in [0.25, 0.3) is 0 Å². The Balaban J connectivity index is 1.70. The zero-order valence-corrected chi connectivity index (χ0v) is 9.60. The van der Waals surface area contributed by atoms with E-state index in [0.29, 0.717) is 13.2 Å². The summed E-state index contributed by atoms with van der Waals surface area (Å²) >= 11 is 0. The Morgan fingerprint density at radius 2 is 2.31 bits per heavy atom. The molecule has 2 rings (SSSR count). The fourth-order valence-electron chi connectivity index (χ4n) is 1.64. The van der Waals surface area contributed by atoms with Crippen LogP contribution >= 0.6 is 0 Å². The summed E-state index contributed by atoms with van der Waals surface area (Å²) in [5, 5.41) is 10.7. The molecule has 0 amide bonds. The van der Waals surface area contributed by atoms with Gasteiger partial charge in [-0.25, -0.2) is 4.63 Å². The van der Waals surface area contributed by atoms with Crippen LogP contribution in [-0.2, 0) is 16.1 Å². The van der Waals surface area contributed by atoms with Gasteiger partial charge < -0.3 is 14.8 Å². The smallest absolute Gasteiger partial charge is 0.133 e. The minimum absolute atomic E-state index is 0.115. The van der Waals surface area contributed by atoms with Crippen molar-refractivity contribution in [2.75, 3.05) is 19.7 Å². The van der Waals surface area contributed by atoms with Gasteiger partial charge in [0.2, 0.25) is 0 Å². The van der Waals surface area contributed by atoms with E-state index in [-0.39, 0.29) is 12.2 Å². The second-order valence-electron chi connectivity index (χ2n) is 4.04. The third kappa shape index (κ3) is 3.01. The van der Waals surface area contributed by atoms with Crippen molar-refractivity contribution in [3.05, 3.63) is 11.4 Å². The van der Waals surface area contributed by atoms with Crippen molar-refractivity contribution in [1.29, 1.82) is 0 Å². The molecule has 6 nitrogen and oxygen atoms in total. The Labute approximate surface area is 94.3 Å². The highest BCUT2D eigenvalue weighted by molar-refractivity contribution is 5.02. The van der Waals surface area contributed by atoms with Gasteiger partial charge >= 0.3 is 0 Å². The van der Waals surface area contributed by atoms with Gasteiger partial charge in [-0.3, -0.25) is 0 Å². The van der Waals surface area contributed by atoms with Crippen LogP contribution in [0.2, 0.25) is 0 Å². The van der Waals surface area contributed by atoms with E-state index >= 15 is 0 Å². The molecule has 90 valence electrons. The Kier molecular flexibility index (Phi) is 3.87. The molecule has 0 aromatic carbocycles. The third-order valence-electron chi connectivity index (χ3n) is 2.52. The van der Waals surface area contributed by atoms with Crippen LogP contribution in [0.15, 0.2) is 4.63 Å². The van der Waals surface area contributed by atoms with E-state index in [4.69, 9.17) is 9.47 Å². The average molecular weight is 227 g/mol. The second-order valence-corrected chi connectivity index (χ2v) is 4.04. The largest absolute Gasteiger partial charge is 0.372 e. The molecule has 1 aromatic rings. The maximum Gasteiger partial charge on any atom is 0.133 e. The number of hydrogen-bond donors (Lipinski definition) is 1. The fraction of sp³-hybridized carbons (Fsp3) is 0.800. The first-order chi connectivity index (χ1) is 7.75. The summed E-state index contributed by atoms with van der Waals surface area (Å²) in [4.78, 5) is 0. The molecule has 1 aliphatic heterocycles. The molecule has 1 N–H and O–H groups in total. The molecule has 0 saturated carbocycles. The standard InChI is InChI=1S/C10H17N3O3/c1-7-3-11-4-9(15-7)5-14-6-10-8(2)12-16-13-10/h7,9,11H,3-6H2,1-2H3. The first-order valence-corrected chi connectivity index (χ1v) is 5.47. The van der Waals surface area contributed by atoms with Gasteiger partial charge in [-0.1, -0.05) is 10.3 Å². The monoisotopic (exact) mass is 227 g/mol. The Morgan fingerprint density at radius 3 is 3.00 bits per heavy atom. The summed E-state index contributed by atoms with van der Waals surface area (Å²) in [5.74, 6) is 0. The van der Waals surface area contributed by atoms with Gasteiger partial charge in [0.15, 0.2) is 0 Å². The van der Waals surface area contributed by atoms with Gasteiger partial charge in [-0.15, -0.1) is 0 Å². The molecular weight excluding hydrogens is 210 g/mol. The van der Waals surface area contributed by atoms with E-state index in [1.54, 1.807) is 0 Å². The molecule has 2 heterocycles. The molecule has 2 atom stereocenters. The zero-order chi connectivity index (χ0) is 11.4. The predicted molar refractivity (Wildman–Crippen MR) is 55.9 cm³/mol. The maximum atomic E-state index is 5.69. The van der Waals surface area contributed by atoms with E-state index in [1.807, 2.05) is 13.8 Å². The van der Waals surface area contributed by atoms with E-state index in [1.165, 1.54) is 0 Å². The molecule has 1 saturated heterocycles. The summed E-state index contributed by atoms with van der Waals surface area (Å²) < 4.78 is 15.8. The minimum atomic E-state index is 0.115. The van der Waals surface area contributed by atoms with E-state index in [9.17, 15) is 0 Å². The van der Waals surface area contributed by atoms with Gasteiger partial charge in [-0.2, -0.15) is 0 Å². The Morgan fingerprint density at radius 1 is 1.44 bits per heavy atom. The highest BCUT2D eigenvalue weighted by atomic mass is 16.6. The average Bonchev–Trinajstić information content (AvgIpc) is 2.65. The summed E-state index contributed by atoms with van der Waals surface area (Å²) in [7, 11) is 0. The topological polar surface area (TPSA) is 69.4 Å². The van der Waals surface area contributed by atoms with Crippen LogP contribution in [0.25, 0.3) is 0 Å². The molecule has 16 heavy (non-hydrogen) atoms. The molecule has 2 unspecified atom stereocenters. The highest BCUT2D eigenvalue weighted by Gasteiger charge is 2.18. The summed E-state index contributed by atoms with van der Waals surface area (Å²) in [6.07, 6.45) is 0.363. The number of ether oxygens (including phenoxy) is 2. The quantitative estimate of drug-likeness (QED) is 0.796. The number of nitrogens with zero attached hydrogens (tertiary/aromatic N) is 2. The van der Waals surface area contributed by atoms with Crippen molar-refractivity contribution in [3.8, 4) is 0 Å². The molecule has 0 spiro atoms. The maximum absolute atomic E-state index is 5.69. The lowest BCUT2D eigenvalue weighted by Gasteiger charge is -2.28. The van der Waals surface area contributed by atoms with E-state index in [0.717, 1.165) is 24.5 Å². The molecule has 1 fully saturated rings. The molecule has 0 bridgehead atoms. The van der Waals surface area contributed by atoms with Gasteiger partial charge in [0, 0.05) is 13.1 Å². The molecule has 6 heteroatoms. The van der Waals surface area contributed by atoms with Gasteiger partial charge in [-0.05, 0) is 13.8 Å². The first-order valence-electron chi connectivity index (χ1n) is 5.47. The van der Waals surface area contributed by atoms with Crippen LogP contribution in [-0.4, -0.2) is 42.2 Å². The number of nitrogens with one attached hydrogen (secondary N) is 1. The fourth-order valence-corrected chi connectivity index (χ4v) is 1.64. The van der Waals surface area contributed by atoms with Crippen molar-refractivity contribution in [2.24, 2.45) is 0 Å². The first kappa shape index (κ1) is 11.5. The zero-order valence-electron chi connectivity index (χ0n) is 9.60. The SMILES string of the molecule is Cc1nonc1COCC1CNCC(C)O1. The molecule has 0 aliphatic carbocycles. The molecule has 1 aliphatic rings. The lowest BCUT2D eigenvalue weighted by atomic mass is 10.2. The molecule has 0 radical (unpaired) electrons.